The Morgan fingerprint density at radius 3 is 2.94 bits per heavy atom. The number of hydrogen-bond donors (Lipinski definition) is 1. The first-order valence-electron chi connectivity index (χ1n) is 6.54. The molecule has 17 heavy (non-hydrogen) atoms. The van der Waals surface area contributed by atoms with Gasteiger partial charge in [-0.05, 0) is 52.4 Å². The molecule has 1 aromatic rings. The fraction of sp³-hybridized carbons (Fsp3) is 0.643. The first-order valence-corrected chi connectivity index (χ1v) is 6.54. The van der Waals surface area contributed by atoms with Crippen LogP contribution in [0.25, 0.3) is 0 Å². The molecule has 0 amide bonds. The van der Waals surface area contributed by atoms with Crippen LogP contribution in [0.3, 0.4) is 0 Å². The summed E-state index contributed by atoms with van der Waals surface area (Å²) in [6.45, 7) is 5.69. The minimum atomic E-state index is 0.344. The van der Waals surface area contributed by atoms with Crippen LogP contribution < -0.4 is 5.32 Å². The van der Waals surface area contributed by atoms with E-state index in [4.69, 9.17) is 0 Å². The maximum Gasteiger partial charge on any atom is 0.0570 e. The largest absolute Gasteiger partial charge is 0.306 e. The van der Waals surface area contributed by atoms with E-state index in [-0.39, 0.29) is 0 Å². The topological polar surface area (TPSA) is 28.2 Å². The predicted octanol–water partition coefficient (Wildman–Crippen LogP) is 2.21. The molecular weight excluding hydrogens is 210 g/mol. The maximum absolute atomic E-state index is 4.41. The van der Waals surface area contributed by atoms with Gasteiger partial charge in [-0.2, -0.15) is 0 Å². The number of hydrogen-bond acceptors (Lipinski definition) is 3. The summed E-state index contributed by atoms with van der Waals surface area (Å²) in [5, 5.41) is 3.70. The van der Waals surface area contributed by atoms with Gasteiger partial charge in [-0.25, -0.2) is 0 Å². The van der Waals surface area contributed by atoms with E-state index in [1.165, 1.54) is 19.4 Å². The molecule has 94 valence electrons. The summed E-state index contributed by atoms with van der Waals surface area (Å²) in [7, 11) is 2.21. The highest BCUT2D eigenvalue weighted by Crippen LogP contribution is 2.18. The summed E-state index contributed by atoms with van der Waals surface area (Å²) in [5.74, 6) is 0. The molecule has 2 unspecified atom stereocenters. The summed E-state index contributed by atoms with van der Waals surface area (Å²) in [6, 6.07) is 7.76. The summed E-state index contributed by atoms with van der Waals surface area (Å²) >= 11 is 0. The highest BCUT2D eigenvalue weighted by atomic mass is 15.1. The summed E-state index contributed by atoms with van der Waals surface area (Å²) in [4.78, 5) is 6.84. The van der Waals surface area contributed by atoms with Crippen LogP contribution in [0.15, 0.2) is 24.4 Å². The lowest BCUT2D eigenvalue weighted by atomic mass is 9.98. The molecule has 0 bridgehead atoms. The second-order valence-corrected chi connectivity index (χ2v) is 5.19. The molecule has 3 nitrogen and oxygen atoms in total. The molecule has 1 aromatic heterocycles. The minimum Gasteiger partial charge on any atom is -0.306 e. The number of pyridine rings is 1. The molecule has 3 atom stereocenters. The van der Waals surface area contributed by atoms with Crippen molar-refractivity contribution in [1.29, 1.82) is 0 Å². The van der Waals surface area contributed by atoms with Gasteiger partial charge < -0.3 is 10.2 Å². The third-order valence-electron chi connectivity index (χ3n) is 3.83. The van der Waals surface area contributed by atoms with E-state index in [1.54, 1.807) is 0 Å². The van der Waals surface area contributed by atoms with Gasteiger partial charge in [0.15, 0.2) is 0 Å². The van der Waals surface area contributed by atoms with Gasteiger partial charge in [-0.15, -0.1) is 0 Å². The van der Waals surface area contributed by atoms with Crippen LogP contribution in [-0.2, 0) is 0 Å². The average Bonchev–Trinajstić information content (AvgIpc) is 2.35. The Bertz CT molecular complexity index is 339. The van der Waals surface area contributed by atoms with E-state index in [0.29, 0.717) is 18.1 Å². The van der Waals surface area contributed by atoms with Gasteiger partial charge in [0.2, 0.25) is 0 Å². The summed E-state index contributed by atoms with van der Waals surface area (Å²) in [6.07, 6.45) is 4.33. The quantitative estimate of drug-likeness (QED) is 0.867. The number of likely N-dealkylation sites (tertiary alicyclic amines) is 1. The van der Waals surface area contributed by atoms with Crippen molar-refractivity contribution in [2.75, 3.05) is 13.6 Å². The standard InChI is InChI=1S/C14H23N3/c1-11-10-13(7-9-17(11)3)16-12(2)14-6-4-5-8-15-14/h4-6,8,11-13,16H,7,9-10H2,1-3H3/t11?,12-,13?/m0/s1. The van der Waals surface area contributed by atoms with E-state index in [0.717, 1.165) is 5.69 Å². The van der Waals surface area contributed by atoms with Crippen LogP contribution in [-0.4, -0.2) is 35.6 Å². The number of nitrogens with zero attached hydrogens (tertiary/aromatic N) is 2. The zero-order chi connectivity index (χ0) is 12.3. The lowest BCUT2D eigenvalue weighted by Gasteiger charge is -2.36. The monoisotopic (exact) mass is 233 g/mol. The van der Waals surface area contributed by atoms with Crippen molar-refractivity contribution >= 4 is 0 Å². The Hall–Kier alpha value is -0.930. The van der Waals surface area contributed by atoms with Gasteiger partial charge in [-0.1, -0.05) is 6.07 Å². The molecule has 1 aliphatic heterocycles. The minimum absolute atomic E-state index is 0.344. The van der Waals surface area contributed by atoms with Crippen molar-refractivity contribution in [3.63, 3.8) is 0 Å². The highest BCUT2D eigenvalue weighted by Gasteiger charge is 2.23. The third-order valence-corrected chi connectivity index (χ3v) is 3.83. The number of aromatic nitrogens is 1. The lowest BCUT2D eigenvalue weighted by molar-refractivity contribution is 0.163. The number of piperidine rings is 1. The zero-order valence-electron chi connectivity index (χ0n) is 11.1. The van der Waals surface area contributed by atoms with Crippen LogP contribution in [0.2, 0.25) is 0 Å². The van der Waals surface area contributed by atoms with Crippen LogP contribution in [0, 0.1) is 0 Å². The maximum atomic E-state index is 4.41. The zero-order valence-corrected chi connectivity index (χ0v) is 11.1. The third kappa shape index (κ3) is 3.27. The van der Waals surface area contributed by atoms with E-state index in [9.17, 15) is 0 Å². The van der Waals surface area contributed by atoms with Crippen LogP contribution in [0.1, 0.15) is 38.4 Å². The summed E-state index contributed by atoms with van der Waals surface area (Å²) < 4.78 is 0. The molecule has 3 heteroatoms. The second kappa shape index (κ2) is 5.61. The molecule has 0 radical (unpaired) electrons. The Kier molecular flexibility index (Phi) is 4.13. The Morgan fingerprint density at radius 1 is 1.47 bits per heavy atom. The smallest absolute Gasteiger partial charge is 0.0570 e. The first kappa shape index (κ1) is 12.5. The van der Waals surface area contributed by atoms with E-state index in [1.807, 2.05) is 12.3 Å². The summed E-state index contributed by atoms with van der Waals surface area (Å²) in [5.41, 5.74) is 1.14. The van der Waals surface area contributed by atoms with Gasteiger partial charge in [0, 0.05) is 24.3 Å². The van der Waals surface area contributed by atoms with Crippen molar-refractivity contribution in [1.82, 2.24) is 15.2 Å². The normalized spacial score (nSPS) is 27.9. The van der Waals surface area contributed by atoms with Crippen molar-refractivity contribution in [3.8, 4) is 0 Å². The average molecular weight is 233 g/mol. The first-order chi connectivity index (χ1) is 8.16. The van der Waals surface area contributed by atoms with E-state index in [2.05, 4.69) is 48.2 Å². The molecular formula is C14H23N3. The SMILES string of the molecule is CC1CC(N[C@@H](C)c2ccccn2)CCN1C. The van der Waals surface area contributed by atoms with Gasteiger partial charge in [-0.3, -0.25) is 4.98 Å². The molecule has 2 heterocycles. The van der Waals surface area contributed by atoms with E-state index < -0.39 is 0 Å². The second-order valence-electron chi connectivity index (χ2n) is 5.19. The molecule has 0 aromatic carbocycles. The molecule has 0 spiro atoms. The number of nitrogens with one attached hydrogen (secondary N) is 1. The van der Waals surface area contributed by atoms with Crippen molar-refractivity contribution in [3.05, 3.63) is 30.1 Å². The Labute approximate surface area is 104 Å². The molecule has 1 fully saturated rings. The van der Waals surface area contributed by atoms with E-state index >= 15 is 0 Å². The lowest BCUT2D eigenvalue weighted by Crippen LogP contribution is -2.46. The number of rotatable bonds is 3. The van der Waals surface area contributed by atoms with Crippen molar-refractivity contribution in [2.45, 2.75) is 44.8 Å². The van der Waals surface area contributed by atoms with Crippen LogP contribution in [0.4, 0.5) is 0 Å². The molecule has 1 aliphatic rings. The molecule has 1 saturated heterocycles. The van der Waals surface area contributed by atoms with Crippen molar-refractivity contribution in [2.24, 2.45) is 0 Å². The fourth-order valence-corrected chi connectivity index (χ4v) is 2.51. The van der Waals surface area contributed by atoms with Gasteiger partial charge >= 0.3 is 0 Å². The Balaban J connectivity index is 1.89. The predicted molar refractivity (Wildman–Crippen MR) is 70.9 cm³/mol. The van der Waals surface area contributed by atoms with Gasteiger partial charge in [0.1, 0.15) is 0 Å². The fourth-order valence-electron chi connectivity index (χ4n) is 2.51. The van der Waals surface area contributed by atoms with Gasteiger partial charge in [0.05, 0.1) is 5.69 Å². The van der Waals surface area contributed by atoms with Crippen LogP contribution in [0.5, 0.6) is 0 Å². The molecule has 1 N–H and O–H groups in total. The molecule has 0 aliphatic carbocycles. The highest BCUT2D eigenvalue weighted by molar-refractivity contribution is 5.08. The van der Waals surface area contributed by atoms with Gasteiger partial charge in [0.25, 0.3) is 0 Å². The molecule has 2 rings (SSSR count). The van der Waals surface area contributed by atoms with Crippen LogP contribution >= 0.6 is 0 Å². The van der Waals surface area contributed by atoms with Crippen molar-refractivity contribution < 1.29 is 0 Å². The Morgan fingerprint density at radius 2 is 2.29 bits per heavy atom. The molecule has 0 saturated carbocycles.